The highest BCUT2D eigenvalue weighted by Gasteiger charge is 2.21. The van der Waals surface area contributed by atoms with Crippen molar-refractivity contribution in [1.29, 1.82) is 0 Å². The summed E-state index contributed by atoms with van der Waals surface area (Å²) in [5.41, 5.74) is 1.42. The van der Waals surface area contributed by atoms with E-state index in [9.17, 15) is 21.6 Å². The van der Waals surface area contributed by atoms with Crippen molar-refractivity contribution >= 4 is 48.9 Å². The molecule has 0 heterocycles. The normalized spacial score (nSPS) is 11.6. The van der Waals surface area contributed by atoms with Crippen LogP contribution in [0, 0.1) is 6.92 Å². The van der Waals surface area contributed by atoms with Gasteiger partial charge in [-0.2, -0.15) is 0 Å². The molecule has 0 fully saturated rings. The van der Waals surface area contributed by atoms with E-state index in [1.54, 1.807) is 24.3 Å². The lowest BCUT2D eigenvalue weighted by Gasteiger charge is -2.14. The molecule has 186 valence electrons. The molecule has 3 aromatic rings. The number of methoxy groups -OCH3 is 1. The molecule has 1 amide bonds. The number of hydrogen-bond acceptors (Lipinski definition) is 6. The third kappa shape index (κ3) is 7.18. The van der Waals surface area contributed by atoms with Gasteiger partial charge in [-0.05, 0) is 61.5 Å². The maximum Gasteiger partial charge on any atom is 0.265 e. The number of halogens is 1. The summed E-state index contributed by atoms with van der Waals surface area (Å²) in [6.07, 6.45) is -0.164. The lowest BCUT2D eigenvalue weighted by atomic mass is 10.2. The topological polar surface area (TPSA) is 131 Å². The fourth-order valence-corrected chi connectivity index (χ4v) is 5.43. The van der Waals surface area contributed by atoms with Gasteiger partial charge in [0.25, 0.3) is 10.0 Å². The number of sulfonamides is 2. The van der Waals surface area contributed by atoms with Crippen LogP contribution in [-0.2, 0) is 24.8 Å². The van der Waals surface area contributed by atoms with E-state index in [0.717, 1.165) is 5.56 Å². The molecule has 3 N–H and O–H groups in total. The molecule has 0 radical (unpaired) electrons. The second-order valence-electron chi connectivity index (χ2n) is 7.49. The van der Waals surface area contributed by atoms with Crippen LogP contribution in [0.25, 0.3) is 0 Å². The Hall–Kier alpha value is -3.12. The molecule has 3 rings (SSSR count). The van der Waals surface area contributed by atoms with Gasteiger partial charge in [0, 0.05) is 29.4 Å². The predicted octanol–water partition coefficient (Wildman–Crippen LogP) is 3.76. The minimum atomic E-state index is -4.06. The zero-order valence-electron chi connectivity index (χ0n) is 18.9. The summed E-state index contributed by atoms with van der Waals surface area (Å²) in [6.45, 7) is 1.71. The van der Waals surface area contributed by atoms with Crippen molar-refractivity contribution in [3.63, 3.8) is 0 Å². The number of carbonyl (C=O) groups excluding carboxylic acids is 1. The maximum atomic E-state index is 12.9. The Labute approximate surface area is 209 Å². The van der Waals surface area contributed by atoms with Crippen molar-refractivity contribution in [3.05, 3.63) is 77.3 Å². The molecule has 12 heteroatoms. The molecule has 0 unspecified atom stereocenters. The Morgan fingerprint density at radius 1 is 0.886 bits per heavy atom. The van der Waals surface area contributed by atoms with Crippen molar-refractivity contribution in [2.75, 3.05) is 23.7 Å². The van der Waals surface area contributed by atoms with E-state index < -0.39 is 26.0 Å². The lowest BCUT2D eigenvalue weighted by molar-refractivity contribution is -0.116. The van der Waals surface area contributed by atoms with Gasteiger partial charge in [-0.3, -0.25) is 9.52 Å². The summed E-state index contributed by atoms with van der Waals surface area (Å²) < 4.78 is 60.5. The second kappa shape index (κ2) is 11.1. The Morgan fingerprint density at radius 2 is 1.51 bits per heavy atom. The minimum Gasteiger partial charge on any atom is -0.495 e. The predicted molar refractivity (Wildman–Crippen MR) is 135 cm³/mol. The molecule has 0 spiro atoms. The highest BCUT2D eigenvalue weighted by atomic mass is 35.5. The number of rotatable bonds is 10. The summed E-state index contributed by atoms with van der Waals surface area (Å²) in [4.78, 5) is 12.3. The maximum absolute atomic E-state index is 12.9. The first-order chi connectivity index (χ1) is 16.5. The van der Waals surface area contributed by atoms with Crippen molar-refractivity contribution < 1.29 is 26.4 Å². The van der Waals surface area contributed by atoms with Crippen molar-refractivity contribution in [2.45, 2.75) is 23.1 Å². The molecule has 3 aromatic carbocycles. The average molecular weight is 538 g/mol. The van der Waals surface area contributed by atoms with E-state index in [1.165, 1.54) is 49.6 Å². The fourth-order valence-electron chi connectivity index (χ4n) is 3.02. The molecule has 35 heavy (non-hydrogen) atoms. The molecule has 0 atom stereocenters. The van der Waals surface area contributed by atoms with E-state index in [0.29, 0.717) is 10.7 Å². The first-order valence-electron chi connectivity index (χ1n) is 10.3. The Kier molecular flexibility index (Phi) is 8.39. The fraction of sp³-hybridized carbons (Fsp3) is 0.174. The van der Waals surface area contributed by atoms with Crippen LogP contribution >= 0.6 is 11.6 Å². The van der Waals surface area contributed by atoms with Crippen LogP contribution in [0.15, 0.2) is 76.5 Å². The van der Waals surface area contributed by atoms with Gasteiger partial charge < -0.3 is 10.1 Å². The van der Waals surface area contributed by atoms with Crippen LogP contribution in [0.3, 0.4) is 0 Å². The van der Waals surface area contributed by atoms with E-state index in [-0.39, 0.29) is 34.2 Å². The monoisotopic (exact) mass is 537 g/mol. The molecular formula is C23H24ClN3O6S2. The highest BCUT2D eigenvalue weighted by Crippen LogP contribution is 2.29. The van der Waals surface area contributed by atoms with Crippen molar-refractivity contribution in [2.24, 2.45) is 0 Å². The van der Waals surface area contributed by atoms with E-state index in [1.807, 2.05) is 6.92 Å². The standard InChI is InChI=1S/C23H24ClN3O6S2/c1-16-3-10-20(11-4-16)34(29,30)25-14-13-23(28)26-19-9-12-21(33-2)22(15-19)35(31,32)27-18-7-5-17(24)6-8-18/h3-12,15,25,27H,13-14H2,1-2H3,(H,26,28). The van der Waals surface area contributed by atoms with Crippen LogP contribution in [0.1, 0.15) is 12.0 Å². The zero-order chi connectivity index (χ0) is 25.6. The summed E-state index contributed by atoms with van der Waals surface area (Å²) in [7, 11) is -6.49. The largest absolute Gasteiger partial charge is 0.495 e. The minimum absolute atomic E-state index is 0.0790. The van der Waals surface area contributed by atoms with Gasteiger partial charge >= 0.3 is 0 Å². The third-order valence-corrected chi connectivity index (χ3v) is 7.94. The van der Waals surface area contributed by atoms with Gasteiger partial charge in [0.1, 0.15) is 10.6 Å². The van der Waals surface area contributed by atoms with Gasteiger partial charge in [0.05, 0.1) is 12.0 Å². The first kappa shape index (κ1) is 26.5. The van der Waals surface area contributed by atoms with E-state index in [4.69, 9.17) is 16.3 Å². The van der Waals surface area contributed by atoms with Gasteiger partial charge in [-0.15, -0.1) is 0 Å². The van der Waals surface area contributed by atoms with Gasteiger partial charge in [-0.25, -0.2) is 21.6 Å². The van der Waals surface area contributed by atoms with Crippen LogP contribution in [0.2, 0.25) is 5.02 Å². The molecule has 0 aliphatic rings. The Balaban J connectivity index is 1.67. The summed E-state index contributed by atoms with van der Waals surface area (Å²) in [5.74, 6) is -0.425. The van der Waals surface area contributed by atoms with Crippen molar-refractivity contribution in [3.8, 4) is 5.75 Å². The molecule has 0 aliphatic heterocycles. The van der Waals surface area contributed by atoms with Gasteiger partial charge in [0.2, 0.25) is 15.9 Å². The van der Waals surface area contributed by atoms with Crippen LogP contribution in [0.5, 0.6) is 5.75 Å². The van der Waals surface area contributed by atoms with E-state index in [2.05, 4.69) is 14.8 Å². The molecule has 0 saturated heterocycles. The number of nitrogens with one attached hydrogen (secondary N) is 3. The summed E-state index contributed by atoms with van der Waals surface area (Å²) >= 11 is 5.84. The molecule has 9 nitrogen and oxygen atoms in total. The summed E-state index contributed by atoms with van der Waals surface area (Å²) in [5, 5.41) is 3.03. The Morgan fingerprint density at radius 3 is 2.14 bits per heavy atom. The number of aryl methyl sites for hydroxylation is 1. The molecular weight excluding hydrogens is 514 g/mol. The van der Waals surface area contributed by atoms with Crippen molar-refractivity contribution in [1.82, 2.24) is 4.72 Å². The number of carbonyl (C=O) groups is 1. The number of anilines is 2. The summed E-state index contributed by atoms with van der Waals surface area (Å²) in [6, 6.07) is 16.6. The van der Waals surface area contributed by atoms with Crippen LogP contribution in [0.4, 0.5) is 11.4 Å². The van der Waals surface area contributed by atoms with Gasteiger partial charge in [0.15, 0.2) is 0 Å². The van der Waals surface area contributed by atoms with Crippen LogP contribution in [-0.4, -0.2) is 36.4 Å². The van der Waals surface area contributed by atoms with E-state index >= 15 is 0 Å². The molecule has 0 bridgehead atoms. The first-order valence-corrected chi connectivity index (χ1v) is 13.7. The smallest absolute Gasteiger partial charge is 0.265 e. The van der Waals surface area contributed by atoms with Gasteiger partial charge in [-0.1, -0.05) is 29.3 Å². The molecule has 0 saturated carbocycles. The zero-order valence-corrected chi connectivity index (χ0v) is 21.3. The second-order valence-corrected chi connectivity index (χ2v) is 11.3. The number of ether oxygens (including phenoxy) is 1. The lowest BCUT2D eigenvalue weighted by Crippen LogP contribution is -2.27. The number of hydrogen-bond donors (Lipinski definition) is 3. The Bertz CT molecular complexity index is 1410. The number of benzene rings is 3. The number of amides is 1. The molecule has 0 aromatic heterocycles. The average Bonchev–Trinajstić information content (AvgIpc) is 2.80. The highest BCUT2D eigenvalue weighted by molar-refractivity contribution is 7.92. The molecule has 0 aliphatic carbocycles. The quantitative estimate of drug-likeness (QED) is 0.361. The third-order valence-electron chi connectivity index (χ3n) is 4.81. The van der Waals surface area contributed by atoms with Crippen LogP contribution < -0.4 is 19.5 Å². The SMILES string of the molecule is COc1ccc(NC(=O)CCNS(=O)(=O)c2ccc(C)cc2)cc1S(=O)(=O)Nc1ccc(Cl)cc1.